The van der Waals surface area contributed by atoms with Gasteiger partial charge in [0.05, 0.1) is 25.6 Å². The van der Waals surface area contributed by atoms with Gasteiger partial charge in [-0.2, -0.15) is 13.2 Å². The largest absolute Gasteiger partial charge is 0.498 e. The standard InChI is InChI=1S/C27H33F3N2O4/c28-27(29,30)24-17-31-26(20-13-11-19(12-14-20)22-9-6-16-36-22)32(24)18-21-7-3-4-8-23(21)35-15-5-1-2-10-25(33)34/h3-4,6-8,16-17,19-20,22H,1-2,5,9-15,18H2,(H,33,34). The fraction of sp³-hybridized carbons (Fsp3) is 0.556. The molecule has 1 fully saturated rings. The Balaban J connectivity index is 1.45. The van der Waals surface area contributed by atoms with Crippen LogP contribution < -0.4 is 4.74 Å². The van der Waals surface area contributed by atoms with Crippen molar-refractivity contribution in [3.05, 3.63) is 59.9 Å². The van der Waals surface area contributed by atoms with Crippen LogP contribution in [0.2, 0.25) is 0 Å². The van der Waals surface area contributed by atoms with Gasteiger partial charge in [0.25, 0.3) is 0 Å². The third kappa shape index (κ3) is 6.62. The maximum atomic E-state index is 13.9. The minimum Gasteiger partial charge on any atom is -0.498 e. The Bertz CT molecular complexity index is 1030. The van der Waals surface area contributed by atoms with E-state index in [9.17, 15) is 18.0 Å². The van der Waals surface area contributed by atoms with Crippen molar-refractivity contribution in [2.45, 2.75) is 82.5 Å². The maximum absolute atomic E-state index is 13.9. The number of carboxylic acids is 1. The highest BCUT2D eigenvalue weighted by atomic mass is 19.4. The molecular weight excluding hydrogens is 473 g/mol. The molecule has 1 N–H and O–H groups in total. The minimum atomic E-state index is -4.51. The van der Waals surface area contributed by atoms with E-state index in [1.54, 1.807) is 30.5 Å². The first-order chi connectivity index (χ1) is 17.3. The van der Waals surface area contributed by atoms with Crippen LogP contribution in [0.15, 0.2) is 42.8 Å². The van der Waals surface area contributed by atoms with Gasteiger partial charge in [-0.1, -0.05) is 18.2 Å². The number of alkyl halides is 3. The highest BCUT2D eigenvalue weighted by Gasteiger charge is 2.38. The molecule has 1 aliphatic heterocycles. The number of para-hydroxylation sites is 1. The first kappa shape index (κ1) is 26.1. The molecule has 0 saturated heterocycles. The molecule has 2 heterocycles. The lowest BCUT2D eigenvalue weighted by molar-refractivity contribution is -0.143. The van der Waals surface area contributed by atoms with Crippen LogP contribution in [0.3, 0.4) is 0 Å². The van der Waals surface area contributed by atoms with Crippen molar-refractivity contribution < 1.29 is 32.5 Å². The second kappa shape index (κ2) is 11.8. The molecule has 4 rings (SSSR count). The molecule has 1 aliphatic carbocycles. The van der Waals surface area contributed by atoms with E-state index in [0.29, 0.717) is 48.9 Å². The van der Waals surface area contributed by atoms with Gasteiger partial charge in [0.1, 0.15) is 23.4 Å². The molecule has 36 heavy (non-hydrogen) atoms. The summed E-state index contributed by atoms with van der Waals surface area (Å²) >= 11 is 0. The molecule has 1 aromatic carbocycles. The lowest BCUT2D eigenvalue weighted by atomic mass is 9.78. The maximum Gasteiger partial charge on any atom is 0.433 e. The van der Waals surface area contributed by atoms with E-state index in [1.165, 1.54) is 4.57 Å². The first-order valence-electron chi connectivity index (χ1n) is 12.7. The molecule has 1 saturated carbocycles. The lowest BCUT2D eigenvalue weighted by Gasteiger charge is -2.32. The Kier molecular flexibility index (Phi) is 8.59. The predicted octanol–water partition coefficient (Wildman–Crippen LogP) is 6.55. The van der Waals surface area contributed by atoms with Crippen molar-refractivity contribution in [2.24, 2.45) is 5.92 Å². The fourth-order valence-electron chi connectivity index (χ4n) is 5.25. The third-order valence-corrected chi connectivity index (χ3v) is 7.15. The number of carboxylic acid groups (broad SMARTS) is 1. The van der Waals surface area contributed by atoms with Gasteiger partial charge >= 0.3 is 12.1 Å². The highest BCUT2D eigenvalue weighted by molar-refractivity contribution is 5.66. The number of benzene rings is 1. The summed E-state index contributed by atoms with van der Waals surface area (Å²) in [4.78, 5) is 14.9. The van der Waals surface area contributed by atoms with Gasteiger partial charge in [-0.05, 0) is 63.0 Å². The molecule has 196 valence electrons. The van der Waals surface area contributed by atoms with E-state index in [1.807, 2.05) is 6.08 Å². The molecule has 0 spiro atoms. The minimum absolute atomic E-state index is 0.0228. The van der Waals surface area contributed by atoms with Crippen LogP contribution in [-0.2, 0) is 22.3 Å². The van der Waals surface area contributed by atoms with Gasteiger partial charge in [0, 0.05) is 24.3 Å². The number of hydrogen-bond acceptors (Lipinski definition) is 4. The number of halogens is 3. The zero-order valence-electron chi connectivity index (χ0n) is 20.3. The molecule has 1 aromatic heterocycles. The van der Waals surface area contributed by atoms with Crippen molar-refractivity contribution in [3.63, 3.8) is 0 Å². The van der Waals surface area contributed by atoms with Gasteiger partial charge in [0.15, 0.2) is 0 Å². The summed E-state index contributed by atoms with van der Waals surface area (Å²) in [6.07, 6.45) is 6.76. The van der Waals surface area contributed by atoms with Crippen molar-refractivity contribution in [1.29, 1.82) is 0 Å². The van der Waals surface area contributed by atoms with Crippen molar-refractivity contribution in [3.8, 4) is 5.75 Å². The summed E-state index contributed by atoms with van der Waals surface area (Å²) in [5, 5.41) is 8.74. The van der Waals surface area contributed by atoms with Crippen LogP contribution in [-0.4, -0.2) is 33.3 Å². The molecule has 6 nitrogen and oxygen atoms in total. The van der Waals surface area contributed by atoms with Crippen LogP contribution in [0.4, 0.5) is 13.2 Å². The molecule has 2 aromatic rings. The molecule has 0 bridgehead atoms. The normalized spacial score (nSPS) is 21.9. The smallest absolute Gasteiger partial charge is 0.433 e. The zero-order valence-corrected chi connectivity index (χ0v) is 20.3. The van der Waals surface area contributed by atoms with E-state index in [2.05, 4.69) is 4.98 Å². The van der Waals surface area contributed by atoms with Crippen LogP contribution in [0.1, 0.15) is 80.8 Å². The molecule has 2 aliphatic rings. The zero-order chi connectivity index (χ0) is 25.5. The predicted molar refractivity (Wildman–Crippen MR) is 128 cm³/mol. The number of hydrogen-bond donors (Lipinski definition) is 1. The van der Waals surface area contributed by atoms with E-state index < -0.39 is 17.8 Å². The summed E-state index contributed by atoms with van der Waals surface area (Å²) in [6, 6.07) is 7.13. The Morgan fingerprint density at radius 3 is 2.61 bits per heavy atom. The summed E-state index contributed by atoms with van der Waals surface area (Å²) < 4.78 is 54.6. The summed E-state index contributed by atoms with van der Waals surface area (Å²) in [5.74, 6) is 0.587. The van der Waals surface area contributed by atoms with Crippen LogP contribution in [0.5, 0.6) is 5.75 Å². The number of imidazole rings is 1. The van der Waals surface area contributed by atoms with Crippen molar-refractivity contribution in [2.75, 3.05) is 6.61 Å². The van der Waals surface area contributed by atoms with E-state index >= 15 is 0 Å². The number of aromatic nitrogens is 2. The topological polar surface area (TPSA) is 73.6 Å². The Morgan fingerprint density at radius 1 is 1.14 bits per heavy atom. The number of unbranched alkanes of at least 4 members (excludes halogenated alkanes) is 2. The Hall–Kier alpha value is -2.97. The third-order valence-electron chi connectivity index (χ3n) is 7.15. The lowest BCUT2D eigenvalue weighted by Crippen LogP contribution is -2.26. The van der Waals surface area contributed by atoms with E-state index in [-0.39, 0.29) is 25.0 Å². The SMILES string of the molecule is O=C(O)CCCCCOc1ccccc1Cn1c(C(F)(F)F)cnc1C1CCC(C2CC=CO2)CC1. The Labute approximate surface area is 209 Å². The number of carbonyl (C=O) groups is 1. The van der Waals surface area contributed by atoms with E-state index in [4.69, 9.17) is 14.6 Å². The van der Waals surface area contributed by atoms with Gasteiger partial charge in [-0.3, -0.25) is 4.79 Å². The van der Waals surface area contributed by atoms with Crippen molar-refractivity contribution in [1.82, 2.24) is 9.55 Å². The van der Waals surface area contributed by atoms with Gasteiger partial charge in [-0.15, -0.1) is 0 Å². The summed E-state index contributed by atoms with van der Waals surface area (Å²) in [6.45, 7) is 0.399. The van der Waals surface area contributed by atoms with Crippen LogP contribution >= 0.6 is 0 Å². The molecule has 0 amide bonds. The summed E-state index contributed by atoms with van der Waals surface area (Å²) in [5.41, 5.74) is -0.0849. The molecule has 1 atom stereocenters. The number of rotatable bonds is 11. The second-order valence-corrected chi connectivity index (χ2v) is 9.64. The molecular formula is C27H33F3N2O4. The first-order valence-corrected chi connectivity index (χ1v) is 12.7. The molecule has 0 radical (unpaired) electrons. The second-order valence-electron chi connectivity index (χ2n) is 9.64. The number of aliphatic carboxylic acids is 1. The monoisotopic (exact) mass is 506 g/mol. The van der Waals surface area contributed by atoms with Gasteiger partial charge in [-0.25, -0.2) is 4.98 Å². The van der Waals surface area contributed by atoms with Crippen LogP contribution in [0, 0.1) is 5.92 Å². The fourth-order valence-corrected chi connectivity index (χ4v) is 5.25. The Morgan fingerprint density at radius 2 is 1.92 bits per heavy atom. The van der Waals surface area contributed by atoms with E-state index in [0.717, 1.165) is 38.3 Å². The molecule has 1 unspecified atom stereocenters. The van der Waals surface area contributed by atoms with Gasteiger partial charge in [0.2, 0.25) is 0 Å². The average molecular weight is 507 g/mol. The average Bonchev–Trinajstić information content (AvgIpc) is 3.53. The van der Waals surface area contributed by atoms with Gasteiger partial charge < -0.3 is 19.1 Å². The molecule has 9 heteroatoms. The highest BCUT2D eigenvalue weighted by Crippen LogP contribution is 2.41. The summed E-state index contributed by atoms with van der Waals surface area (Å²) in [7, 11) is 0. The number of nitrogens with zero attached hydrogens (tertiary/aromatic N) is 2. The van der Waals surface area contributed by atoms with Crippen molar-refractivity contribution >= 4 is 5.97 Å². The number of ether oxygens (including phenoxy) is 2. The van der Waals surface area contributed by atoms with Crippen LogP contribution in [0.25, 0.3) is 0 Å². The quantitative estimate of drug-likeness (QED) is 0.350.